The van der Waals surface area contributed by atoms with E-state index in [1.54, 1.807) is 12.1 Å². The molecule has 124 valence electrons. The number of hydrogen-bond acceptors (Lipinski definition) is 3. The highest BCUT2D eigenvalue weighted by Crippen LogP contribution is 2.23. The molecule has 0 amide bonds. The molecule has 0 spiro atoms. The highest BCUT2D eigenvalue weighted by molar-refractivity contribution is 6.35. The Morgan fingerprint density at radius 1 is 1.13 bits per heavy atom. The molecular formula is C18H21Cl2NO2. The highest BCUT2D eigenvalue weighted by atomic mass is 35.5. The molecule has 0 fully saturated rings. The topological polar surface area (TPSA) is 41.5 Å². The second-order valence-corrected chi connectivity index (χ2v) is 6.91. The summed E-state index contributed by atoms with van der Waals surface area (Å²) in [5.41, 5.74) is 1.67. The molecule has 0 aliphatic heterocycles. The molecule has 23 heavy (non-hydrogen) atoms. The van der Waals surface area contributed by atoms with Crippen LogP contribution in [0.1, 0.15) is 25.0 Å². The molecule has 2 N–H and O–H groups in total. The van der Waals surface area contributed by atoms with E-state index < -0.39 is 0 Å². The summed E-state index contributed by atoms with van der Waals surface area (Å²) in [6, 6.07) is 13.2. The molecule has 2 aromatic carbocycles. The second kappa shape index (κ2) is 8.02. The molecule has 0 unspecified atom stereocenters. The molecule has 0 atom stereocenters. The van der Waals surface area contributed by atoms with Gasteiger partial charge in [-0.3, -0.25) is 0 Å². The van der Waals surface area contributed by atoms with Crippen LogP contribution in [0.4, 0.5) is 0 Å². The Morgan fingerprint density at radius 2 is 1.91 bits per heavy atom. The monoisotopic (exact) mass is 353 g/mol. The lowest BCUT2D eigenvalue weighted by Crippen LogP contribution is -2.42. The van der Waals surface area contributed by atoms with Crippen LogP contribution in [0.2, 0.25) is 10.0 Å². The number of halogens is 2. The van der Waals surface area contributed by atoms with Crippen molar-refractivity contribution < 1.29 is 9.84 Å². The van der Waals surface area contributed by atoms with Crippen molar-refractivity contribution in [3.05, 3.63) is 63.6 Å². The van der Waals surface area contributed by atoms with E-state index in [9.17, 15) is 5.11 Å². The van der Waals surface area contributed by atoms with Crippen LogP contribution < -0.4 is 10.1 Å². The minimum absolute atomic E-state index is 0.0816. The quantitative estimate of drug-likeness (QED) is 0.773. The number of aliphatic hydroxyl groups is 1. The zero-order valence-electron chi connectivity index (χ0n) is 13.3. The molecule has 0 heterocycles. The molecule has 5 heteroatoms. The van der Waals surface area contributed by atoms with E-state index >= 15 is 0 Å². The van der Waals surface area contributed by atoms with Crippen molar-refractivity contribution in [1.29, 1.82) is 0 Å². The summed E-state index contributed by atoms with van der Waals surface area (Å²) < 4.78 is 5.81. The fourth-order valence-corrected chi connectivity index (χ4v) is 2.41. The Morgan fingerprint density at radius 3 is 2.61 bits per heavy atom. The van der Waals surface area contributed by atoms with Crippen molar-refractivity contribution in [3.63, 3.8) is 0 Å². The Bertz CT molecular complexity index is 659. The minimum atomic E-state index is -0.312. The molecule has 0 saturated heterocycles. The number of rotatable bonds is 7. The van der Waals surface area contributed by atoms with Gasteiger partial charge >= 0.3 is 0 Å². The van der Waals surface area contributed by atoms with Crippen LogP contribution in [0.15, 0.2) is 42.5 Å². The zero-order valence-corrected chi connectivity index (χ0v) is 14.8. The molecule has 3 nitrogen and oxygen atoms in total. The standard InChI is InChI=1S/C18H21Cl2NO2/c1-18(2,12-22)21-10-13-4-3-5-16(8-13)23-11-14-6-7-15(19)9-17(14)20/h3-9,21-22H,10-12H2,1-2H3. The predicted molar refractivity (Wildman–Crippen MR) is 95.2 cm³/mol. The van der Waals surface area contributed by atoms with Crippen LogP contribution in [0.5, 0.6) is 5.75 Å². The van der Waals surface area contributed by atoms with Gasteiger partial charge < -0.3 is 15.2 Å². The van der Waals surface area contributed by atoms with Gasteiger partial charge in [0.05, 0.1) is 6.61 Å². The Balaban J connectivity index is 1.97. The number of hydrogen-bond donors (Lipinski definition) is 2. The van der Waals surface area contributed by atoms with E-state index in [-0.39, 0.29) is 12.1 Å². The summed E-state index contributed by atoms with van der Waals surface area (Å²) in [5.74, 6) is 0.775. The van der Waals surface area contributed by atoms with Crippen LogP contribution in [0.3, 0.4) is 0 Å². The summed E-state index contributed by atoms with van der Waals surface area (Å²) in [4.78, 5) is 0. The fraction of sp³-hybridized carbons (Fsp3) is 0.333. The Labute approximate surface area is 147 Å². The van der Waals surface area contributed by atoms with Crippen molar-refractivity contribution >= 4 is 23.2 Å². The first-order chi connectivity index (χ1) is 10.9. The van der Waals surface area contributed by atoms with Crippen molar-refractivity contribution in [2.24, 2.45) is 0 Å². The van der Waals surface area contributed by atoms with Gasteiger partial charge in [-0.15, -0.1) is 0 Å². The lowest BCUT2D eigenvalue weighted by molar-refractivity contribution is 0.187. The van der Waals surface area contributed by atoms with E-state index in [2.05, 4.69) is 5.32 Å². The first kappa shape index (κ1) is 18.1. The summed E-state index contributed by atoms with van der Waals surface area (Å²) in [5, 5.41) is 13.8. The molecule has 0 radical (unpaired) electrons. The van der Waals surface area contributed by atoms with E-state index in [0.29, 0.717) is 23.2 Å². The van der Waals surface area contributed by atoms with Crippen molar-refractivity contribution in [2.75, 3.05) is 6.61 Å². The minimum Gasteiger partial charge on any atom is -0.489 e. The fourth-order valence-electron chi connectivity index (χ4n) is 1.94. The van der Waals surface area contributed by atoms with E-state index in [4.69, 9.17) is 27.9 Å². The molecule has 0 aromatic heterocycles. The number of ether oxygens (including phenoxy) is 1. The van der Waals surface area contributed by atoms with Crippen molar-refractivity contribution in [2.45, 2.75) is 32.5 Å². The maximum atomic E-state index is 9.27. The summed E-state index contributed by atoms with van der Waals surface area (Å²) in [7, 11) is 0. The van der Waals surface area contributed by atoms with E-state index in [0.717, 1.165) is 16.9 Å². The summed E-state index contributed by atoms with van der Waals surface area (Å²) in [6.45, 7) is 5.03. The Hall–Kier alpha value is -1.26. The molecule has 0 bridgehead atoms. The lowest BCUT2D eigenvalue weighted by atomic mass is 10.1. The van der Waals surface area contributed by atoms with Gasteiger partial charge in [0.15, 0.2) is 0 Å². The van der Waals surface area contributed by atoms with Gasteiger partial charge in [0.25, 0.3) is 0 Å². The SMILES string of the molecule is CC(C)(CO)NCc1cccc(OCc2ccc(Cl)cc2Cl)c1. The van der Waals surface area contributed by atoms with Gasteiger partial charge in [-0.1, -0.05) is 41.4 Å². The maximum Gasteiger partial charge on any atom is 0.120 e. The van der Waals surface area contributed by atoms with Crippen molar-refractivity contribution in [1.82, 2.24) is 5.32 Å². The third-order valence-corrected chi connectivity index (χ3v) is 4.06. The van der Waals surface area contributed by atoms with E-state index in [1.807, 2.05) is 44.2 Å². The van der Waals surface area contributed by atoms with Crippen LogP contribution in [0.25, 0.3) is 0 Å². The number of aliphatic hydroxyl groups excluding tert-OH is 1. The van der Waals surface area contributed by atoms with Crippen LogP contribution in [-0.2, 0) is 13.2 Å². The zero-order chi connectivity index (χ0) is 16.9. The maximum absolute atomic E-state index is 9.27. The average molecular weight is 354 g/mol. The van der Waals surface area contributed by atoms with Gasteiger partial charge in [0.2, 0.25) is 0 Å². The number of nitrogens with one attached hydrogen (secondary N) is 1. The number of benzene rings is 2. The molecule has 2 aromatic rings. The van der Waals surface area contributed by atoms with Crippen molar-refractivity contribution in [3.8, 4) is 5.75 Å². The molecule has 0 aliphatic rings. The Kier molecular flexibility index (Phi) is 6.31. The molecular weight excluding hydrogens is 333 g/mol. The van der Waals surface area contributed by atoms with Gasteiger partial charge in [0.1, 0.15) is 12.4 Å². The van der Waals surface area contributed by atoms with Gasteiger partial charge in [-0.2, -0.15) is 0 Å². The summed E-state index contributed by atoms with van der Waals surface area (Å²) >= 11 is 12.0. The second-order valence-electron chi connectivity index (χ2n) is 6.07. The van der Waals surface area contributed by atoms with Crippen LogP contribution in [-0.4, -0.2) is 17.3 Å². The third-order valence-electron chi connectivity index (χ3n) is 3.47. The van der Waals surface area contributed by atoms with Gasteiger partial charge in [0, 0.05) is 27.7 Å². The normalized spacial score (nSPS) is 11.5. The predicted octanol–water partition coefficient (Wildman–Crippen LogP) is 4.43. The summed E-state index contributed by atoms with van der Waals surface area (Å²) in [6.07, 6.45) is 0. The largest absolute Gasteiger partial charge is 0.489 e. The molecule has 0 saturated carbocycles. The van der Waals surface area contributed by atoms with Crippen LogP contribution in [0, 0.1) is 0 Å². The first-order valence-electron chi connectivity index (χ1n) is 7.41. The van der Waals surface area contributed by atoms with Gasteiger partial charge in [-0.05, 0) is 43.7 Å². The molecule has 0 aliphatic carbocycles. The lowest BCUT2D eigenvalue weighted by Gasteiger charge is -2.23. The average Bonchev–Trinajstić information content (AvgIpc) is 2.53. The smallest absolute Gasteiger partial charge is 0.120 e. The first-order valence-corrected chi connectivity index (χ1v) is 8.17. The van der Waals surface area contributed by atoms with Gasteiger partial charge in [-0.25, -0.2) is 0 Å². The molecule has 2 rings (SSSR count). The van der Waals surface area contributed by atoms with Crippen LogP contribution >= 0.6 is 23.2 Å². The van der Waals surface area contributed by atoms with E-state index in [1.165, 1.54) is 0 Å². The highest BCUT2D eigenvalue weighted by Gasteiger charge is 2.14. The third kappa shape index (κ3) is 5.70.